The van der Waals surface area contributed by atoms with Crippen LogP contribution < -0.4 is 4.90 Å². The number of anilines is 1. The van der Waals surface area contributed by atoms with Crippen LogP contribution in [0.2, 0.25) is 0 Å². The number of hydrogen-bond donors (Lipinski definition) is 0. The number of sulfonamides is 1. The zero-order chi connectivity index (χ0) is 22.6. The van der Waals surface area contributed by atoms with E-state index in [1.807, 2.05) is 29.4 Å². The van der Waals surface area contributed by atoms with Crippen molar-refractivity contribution in [2.24, 2.45) is 17.8 Å². The number of rotatable bonds is 4. The van der Waals surface area contributed by atoms with Crippen LogP contribution in [0.4, 0.5) is 5.69 Å². The first kappa shape index (κ1) is 20.6. The van der Waals surface area contributed by atoms with Crippen molar-refractivity contribution < 1.29 is 13.2 Å². The second-order valence-corrected chi connectivity index (χ2v) is 11.1. The van der Waals surface area contributed by atoms with E-state index < -0.39 is 10.0 Å². The molecule has 2 atom stereocenters. The van der Waals surface area contributed by atoms with Gasteiger partial charge in [-0.1, -0.05) is 6.07 Å². The van der Waals surface area contributed by atoms with Gasteiger partial charge >= 0.3 is 0 Å². The van der Waals surface area contributed by atoms with E-state index in [-0.39, 0.29) is 29.8 Å². The van der Waals surface area contributed by atoms with Crippen LogP contribution in [-0.4, -0.2) is 72.8 Å². The second-order valence-electron chi connectivity index (χ2n) is 9.22. The molecule has 0 spiro atoms. The highest BCUT2D eigenvalue weighted by Gasteiger charge is 2.47. The highest BCUT2D eigenvalue weighted by atomic mass is 32.2. The van der Waals surface area contributed by atoms with Gasteiger partial charge in [-0.25, -0.2) is 8.42 Å². The lowest BCUT2D eigenvalue weighted by Gasteiger charge is -2.39. The number of benzene rings is 1. The number of amides is 1. The molecule has 2 aromatic heterocycles. The van der Waals surface area contributed by atoms with E-state index in [1.54, 1.807) is 36.5 Å². The molecule has 0 bridgehead atoms. The third-order valence-corrected chi connectivity index (χ3v) is 9.14. The first-order chi connectivity index (χ1) is 16.0. The topological polar surface area (TPSA) is 86.7 Å². The van der Waals surface area contributed by atoms with E-state index in [4.69, 9.17) is 0 Å². The van der Waals surface area contributed by atoms with Crippen molar-refractivity contribution in [2.45, 2.75) is 4.90 Å². The Balaban J connectivity index is 1.09. The fourth-order valence-electron chi connectivity index (χ4n) is 5.43. The first-order valence-electron chi connectivity index (χ1n) is 11.3. The molecule has 9 heteroatoms. The zero-order valence-corrected chi connectivity index (χ0v) is 18.9. The average molecular weight is 464 g/mol. The predicted octanol–water partition coefficient (Wildman–Crippen LogP) is 1.85. The third-order valence-electron chi connectivity index (χ3n) is 7.25. The predicted molar refractivity (Wildman–Crippen MR) is 124 cm³/mol. The van der Waals surface area contributed by atoms with Gasteiger partial charge in [-0.05, 0) is 36.4 Å². The van der Waals surface area contributed by atoms with Gasteiger partial charge in [-0.3, -0.25) is 14.8 Å². The molecular formula is C24H25N5O3S. The van der Waals surface area contributed by atoms with E-state index in [1.165, 1.54) is 9.99 Å². The summed E-state index contributed by atoms with van der Waals surface area (Å²) in [5.74, 6) is 0.754. The highest BCUT2D eigenvalue weighted by Crippen LogP contribution is 2.36. The van der Waals surface area contributed by atoms with Gasteiger partial charge in [0.2, 0.25) is 15.9 Å². The molecule has 3 aliphatic rings. The largest absolute Gasteiger partial charge is 0.371 e. The van der Waals surface area contributed by atoms with E-state index in [9.17, 15) is 13.2 Å². The quantitative estimate of drug-likeness (QED) is 0.587. The van der Waals surface area contributed by atoms with Crippen LogP contribution in [0.5, 0.6) is 0 Å². The Morgan fingerprint density at radius 1 is 0.848 bits per heavy atom. The van der Waals surface area contributed by atoms with Crippen molar-refractivity contribution in [1.82, 2.24) is 19.2 Å². The molecule has 8 nitrogen and oxygen atoms in total. The number of pyridine rings is 2. The monoisotopic (exact) mass is 463 g/mol. The molecule has 1 amide bonds. The Morgan fingerprint density at radius 3 is 2.30 bits per heavy atom. The summed E-state index contributed by atoms with van der Waals surface area (Å²) in [5.41, 5.74) is 1.83. The van der Waals surface area contributed by atoms with Crippen molar-refractivity contribution in [3.05, 3.63) is 61.1 Å². The SMILES string of the molecule is O=C(C1CN(S(=O)(=O)c2cccc3ncccc23)C1)N1CC2CN(c3ccncc3)CC2C1. The summed E-state index contributed by atoms with van der Waals surface area (Å²) < 4.78 is 27.8. The minimum absolute atomic E-state index is 0.0888. The minimum Gasteiger partial charge on any atom is -0.371 e. The fraction of sp³-hybridized carbons (Fsp3) is 0.375. The lowest BCUT2D eigenvalue weighted by atomic mass is 10.0. The van der Waals surface area contributed by atoms with Gasteiger partial charge < -0.3 is 9.80 Å². The smallest absolute Gasteiger partial charge is 0.243 e. The van der Waals surface area contributed by atoms with Gasteiger partial charge in [-0.15, -0.1) is 0 Å². The summed E-state index contributed by atoms with van der Waals surface area (Å²) in [6, 6.07) is 12.7. The van der Waals surface area contributed by atoms with E-state index in [0.29, 0.717) is 22.7 Å². The highest BCUT2D eigenvalue weighted by molar-refractivity contribution is 7.89. The molecule has 6 rings (SSSR count). The molecule has 170 valence electrons. The van der Waals surface area contributed by atoms with Crippen LogP contribution in [0.15, 0.2) is 66.0 Å². The minimum atomic E-state index is -3.66. The van der Waals surface area contributed by atoms with Crippen molar-refractivity contribution in [2.75, 3.05) is 44.2 Å². The van der Waals surface area contributed by atoms with Crippen molar-refractivity contribution in [3.8, 4) is 0 Å². The number of fused-ring (bicyclic) bond motifs is 2. The summed E-state index contributed by atoms with van der Waals surface area (Å²) in [5, 5.41) is 0.612. The van der Waals surface area contributed by atoms with Gasteiger partial charge in [0.1, 0.15) is 0 Å². The average Bonchev–Trinajstić information content (AvgIpc) is 3.38. The van der Waals surface area contributed by atoms with Crippen LogP contribution in [0.25, 0.3) is 10.9 Å². The van der Waals surface area contributed by atoms with Gasteiger partial charge in [0.15, 0.2) is 0 Å². The summed E-state index contributed by atoms with van der Waals surface area (Å²) in [6.45, 7) is 3.88. The van der Waals surface area contributed by atoms with Crippen LogP contribution in [-0.2, 0) is 14.8 Å². The Hall–Kier alpha value is -3.04. The molecule has 2 unspecified atom stereocenters. The molecule has 33 heavy (non-hydrogen) atoms. The van der Waals surface area contributed by atoms with E-state index in [2.05, 4.69) is 14.9 Å². The maximum absolute atomic E-state index is 13.2. The van der Waals surface area contributed by atoms with E-state index >= 15 is 0 Å². The molecule has 3 saturated heterocycles. The van der Waals surface area contributed by atoms with Crippen LogP contribution in [0.3, 0.4) is 0 Å². The molecule has 0 aliphatic carbocycles. The molecular weight excluding hydrogens is 438 g/mol. The maximum Gasteiger partial charge on any atom is 0.243 e. The lowest BCUT2D eigenvalue weighted by molar-refractivity contribution is -0.138. The molecule has 3 aromatic rings. The molecule has 0 radical (unpaired) electrons. The first-order valence-corrected chi connectivity index (χ1v) is 12.7. The molecule has 3 aliphatic heterocycles. The summed E-state index contributed by atoms with van der Waals surface area (Å²) >= 11 is 0. The Morgan fingerprint density at radius 2 is 1.58 bits per heavy atom. The van der Waals surface area contributed by atoms with Crippen molar-refractivity contribution >= 4 is 32.5 Å². The third kappa shape index (κ3) is 3.46. The van der Waals surface area contributed by atoms with Crippen molar-refractivity contribution in [3.63, 3.8) is 0 Å². The van der Waals surface area contributed by atoms with Crippen LogP contribution in [0, 0.1) is 17.8 Å². The van der Waals surface area contributed by atoms with Gasteiger partial charge in [0.25, 0.3) is 0 Å². The summed E-state index contributed by atoms with van der Waals surface area (Å²) in [6.07, 6.45) is 5.27. The number of hydrogen-bond acceptors (Lipinski definition) is 6. The Bertz CT molecular complexity index is 1290. The normalized spacial score (nSPS) is 23.6. The summed E-state index contributed by atoms with van der Waals surface area (Å²) in [4.78, 5) is 26.0. The molecule has 0 N–H and O–H groups in total. The molecule has 0 saturated carbocycles. The van der Waals surface area contributed by atoms with Gasteiger partial charge in [0, 0.05) is 80.8 Å². The molecule has 5 heterocycles. The lowest BCUT2D eigenvalue weighted by Crippen LogP contribution is -2.56. The van der Waals surface area contributed by atoms with E-state index in [0.717, 1.165) is 26.2 Å². The maximum atomic E-state index is 13.2. The summed E-state index contributed by atoms with van der Waals surface area (Å²) in [7, 11) is -3.66. The second kappa shape index (κ2) is 7.78. The fourth-order valence-corrected chi connectivity index (χ4v) is 7.16. The Kier molecular flexibility index (Phi) is 4.84. The number of carbonyl (C=O) groups excluding carboxylic acids is 1. The number of aromatic nitrogens is 2. The van der Waals surface area contributed by atoms with Crippen LogP contribution >= 0.6 is 0 Å². The standard InChI is InChI=1S/C24H25N5O3S/c30-24(28-13-17-11-27(12-18(17)14-28)20-6-9-25-10-7-20)19-15-29(16-19)33(31,32)23-5-1-4-22-21(23)3-2-8-26-22/h1-10,17-19H,11-16H2. The van der Waals surface area contributed by atoms with Gasteiger partial charge in [0.05, 0.1) is 16.3 Å². The number of carbonyl (C=O) groups is 1. The van der Waals surface area contributed by atoms with Crippen LogP contribution in [0.1, 0.15) is 0 Å². The number of nitrogens with zero attached hydrogens (tertiary/aromatic N) is 5. The molecule has 3 fully saturated rings. The Labute approximate surface area is 192 Å². The number of likely N-dealkylation sites (tertiary alicyclic amines) is 1. The molecule has 1 aromatic carbocycles. The van der Waals surface area contributed by atoms with Gasteiger partial charge in [-0.2, -0.15) is 4.31 Å². The van der Waals surface area contributed by atoms with Crippen molar-refractivity contribution in [1.29, 1.82) is 0 Å². The zero-order valence-electron chi connectivity index (χ0n) is 18.1.